The molecule has 0 aromatic heterocycles. The molecule has 1 unspecified atom stereocenters. The van der Waals surface area contributed by atoms with Crippen LogP contribution in [0.15, 0.2) is 12.1 Å². The van der Waals surface area contributed by atoms with Crippen LogP contribution in [0.3, 0.4) is 0 Å². The molecule has 2 nitrogen and oxygen atoms in total. The Kier molecular flexibility index (Phi) is 3.39. The number of benzene rings is 1. The molecule has 1 aromatic carbocycles. The van der Waals surface area contributed by atoms with Gasteiger partial charge in [-0.3, -0.25) is 0 Å². The van der Waals surface area contributed by atoms with Gasteiger partial charge in [-0.2, -0.15) is 0 Å². The number of nitrogens with two attached hydrogens (primary N) is 1. The second-order valence-corrected chi connectivity index (χ2v) is 3.81. The Balaban J connectivity index is 2.92. The second-order valence-electron chi connectivity index (χ2n) is 3.81. The molecule has 0 saturated heterocycles. The topological polar surface area (TPSA) is 35.2 Å². The van der Waals surface area contributed by atoms with Crippen molar-refractivity contribution >= 4 is 5.69 Å². The molecule has 1 atom stereocenters. The molecule has 1 rings (SSSR count). The van der Waals surface area contributed by atoms with Crippen LogP contribution < -0.4 is 10.5 Å². The Morgan fingerprint density at radius 2 is 1.93 bits per heavy atom. The fourth-order valence-corrected chi connectivity index (χ4v) is 1.28. The molecule has 0 heterocycles. The summed E-state index contributed by atoms with van der Waals surface area (Å²) in [5, 5.41) is 0. The summed E-state index contributed by atoms with van der Waals surface area (Å²) in [6.07, 6.45) is 1.25. The van der Waals surface area contributed by atoms with Gasteiger partial charge in [-0.15, -0.1) is 0 Å². The van der Waals surface area contributed by atoms with Crippen molar-refractivity contribution in [1.29, 1.82) is 0 Å². The molecule has 0 aliphatic rings. The van der Waals surface area contributed by atoms with Crippen molar-refractivity contribution in [1.82, 2.24) is 0 Å². The van der Waals surface area contributed by atoms with Gasteiger partial charge in [0.2, 0.25) is 0 Å². The minimum atomic E-state index is 0.246. The van der Waals surface area contributed by atoms with Crippen molar-refractivity contribution in [2.24, 2.45) is 0 Å². The Morgan fingerprint density at radius 1 is 1.29 bits per heavy atom. The van der Waals surface area contributed by atoms with E-state index in [2.05, 4.69) is 19.9 Å². The lowest BCUT2D eigenvalue weighted by Gasteiger charge is -2.16. The predicted molar refractivity (Wildman–Crippen MR) is 60.7 cm³/mol. The molecule has 0 aliphatic carbocycles. The first-order chi connectivity index (χ1) is 6.54. The van der Waals surface area contributed by atoms with Crippen LogP contribution in [-0.4, -0.2) is 6.10 Å². The average molecular weight is 193 g/mol. The van der Waals surface area contributed by atoms with Crippen molar-refractivity contribution in [2.45, 2.75) is 40.2 Å². The molecule has 0 amide bonds. The molecule has 0 bridgehead atoms. The zero-order valence-electron chi connectivity index (χ0n) is 9.42. The van der Waals surface area contributed by atoms with Crippen molar-refractivity contribution < 1.29 is 4.74 Å². The fraction of sp³-hybridized carbons (Fsp3) is 0.500. The van der Waals surface area contributed by atoms with Crippen molar-refractivity contribution in [3.05, 3.63) is 23.3 Å². The van der Waals surface area contributed by atoms with E-state index in [1.807, 2.05) is 19.9 Å². The predicted octanol–water partition coefficient (Wildman–Crippen LogP) is 3.06. The van der Waals surface area contributed by atoms with Gasteiger partial charge in [0.05, 0.1) is 6.10 Å². The third-order valence-electron chi connectivity index (χ3n) is 2.47. The van der Waals surface area contributed by atoms with Crippen LogP contribution >= 0.6 is 0 Å². The molecule has 0 saturated carbocycles. The maximum Gasteiger partial charge on any atom is 0.124 e. The molecule has 2 N–H and O–H groups in total. The normalized spacial score (nSPS) is 12.6. The summed E-state index contributed by atoms with van der Waals surface area (Å²) in [7, 11) is 0. The minimum Gasteiger partial charge on any atom is -0.490 e. The van der Waals surface area contributed by atoms with E-state index in [-0.39, 0.29) is 6.10 Å². The second kappa shape index (κ2) is 4.36. The highest BCUT2D eigenvalue weighted by Crippen LogP contribution is 2.25. The molecule has 0 spiro atoms. The van der Waals surface area contributed by atoms with Crippen LogP contribution in [0, 0.1) is 13.8 Å². The molecule has 2 heteroatoms. The summed E-state index contributed by atoms with van der Waals surface area (Å²) >= 11 is 0. The summed E-state index contributed by atoms with van der Waals surface area (Å²) < 4.78 is 5.75. The van der Waals surface area contributed by atoms with Crippen molar-refractivity contribution in [3.8, 4) is 5.75 Å². The van der Waals surface area contributed by atoms with E-state index in [4.69, 9.17) is 10.5 Å². The van der Waals surface area contributed by atoms with Gasteiger partial charge < -0.3 is 10.5 Å². The standard InChI is InChI=1S/C12H19NO/c1-5-10(4)14-12-7-11(13)8(2)6-9(12)3/h6-7,10H,5,13H2,1-4H3. The van der Waals surface area contributed by atoms with Gasteiger partial charge in [0.15, 0.2) is 0 Å². The Morgan fingerprint density at radius 3 is 2.50 bits per heavy atom. The first kappa shape index (κ1) is 10.9. The third-order valence-corrected chi connectivity index (χ3v) is 2.47. The molecule has 78 valence electrons. The fourth-order valence-electron chi connectivity index (χ4n) is 1.28. The summed E-state index contributed by atoms with van der Waals surface area (Å²) in [6, 6.07) is 3.98. The Hall–Kier alpha value is -1.18. The highest BCUT2D eigenvalue weighted by atomic mass is 16.5. The average Bonchev–Trinajstić information content (AvgIpc) is 2.14. The highest BCUT2D eigenvalue weighted by Gasteiger charge is 2.06. The maximum absolute atomic E-state index is 5.83. The van der Waals surface area contributed by atoms with Gasteiger partial charge in [-0.25, -0.2) is 0 Å². The van der Waals surface area contributed by atoms with E-state index >= 15 is 0 Å². The van der Waals surface area contributed by atoms with E-state index in [9.17, 15) is 0 Å². The number of hydrogen-bond acceptors (Lipinski definition) is 2. The van der Waals surface area contributed by atoms with E-state index in [0.717, 1.165) is 29.0 Å². The zero-order valence-corrected chi connectivity index (χ0v) is 9.42. The largest absolute Gasteiger partial charge is 0.490 e. The van der Waals surface area contributed by atoms with Crippen LogP contribution in [0.5, 0.6) is 5.75 Å². The zero-order chi connectivity index (χ0) is 10.7. The SMILES string of the molecule is CCC(C)Oc1cc(N)c(C)cc1C. The van der Waals surface area contributed by atoms with Crippen LogP contribution in [0.25, 0.3) is 0 Å². The molecular formula is C12H19NO. The van der Waals surface area contributed by atoms with E-state index in [1.165, 1.54) is 0 Å². The van der Waals surface area contributed by atoms with Crippen LogP contribution in [0.4, 0.5) is 5.69 Å². The Labute approximate surface area is 86.1 Å². The van der Waals surface area contributed by atoms with E-state index in [0.29, 0.717) is 0 Å². The number of hydrogen-bond donors (Lipinski definition) is 1. The number of aryl methyl sites for hydroxylation is 2. The number of anilines is 1. The molecule has 0 radical (unpaired) electrons. The number of nitrogen functional groups attached to an aromatic ring is 1. The summed E-state index contributed by atoms with van der Waals surface area (Å²) in [5.74, 6) is 0.905. The quantitative estimate of drug-likeness (QED) is 0.749. The van der Waals surface area contributed by atoms with Crippen LogP contribution in [0.1, 0.15) is 31.4 Å². The lowest BCUT2D eigenvalue weighted by molar-refractivity contribution is 0.216. The van der Waals surface area contributed by atoms with Gasteiger partial charge in [-0.1, -0.05) is 13.0 Å². The smallest absolute Gasteiger partial charge is 0.124 e. The van der Waals surface area contributed by atoms with Gasteiger partial charge in [0, 0.05) is 11.8 Å². The van der Waals surface area contributed by atoms with Gasteiger partial charge in [-0.05, 0) is 38.3 Å². The third kappa shape index (κ3) is 2.41. The van der Waals surface area contributed by atoms with E-state index < -0.39 is 0 Å². The van der Waals surface area contributed by atoms with Gasteiger partial charge >= 0.3 is 0 Å². The first-order valence-corrected chi connectivity index (χ1v) is 5.08. The summed E-state index contributed by atoms with van der Waals surface area (Å²) in [6.45, 7) is 8.23. The van der Waals surface area contributed by atoms with Crippen molar-refractivity contribution in [2.75, 3.05) is 5.73 Å². The molecule has 0 aliphatic heterocycles. The monoisotopic (exact) mass is 193 g/mol. The maximum atomic E-state index is 5.83. The number of ether oxygens (including phenoxy) is 1. The lowest BCUT2D eigenvalue weighted by Crippen LogP contribution is -2.11. The van der Waals surface area contributed by atoms with Gasteiger partial charge in [0.25, 0.3) is 0 Å². The van der Waals surface area contributed by atoms with Crippen LogP contribution in [-0.2, 0) is 0 Å². The highest BCUT2D eigenvalue weighted by molar-refractivity contribution is 5.54. The Bertz CT molecular complexity index is 320. The molecule has 0 fully saturated rings. The van der Waals surface area contributed by atoms with Gasteiger partial charge in [0.1, 0.15) is 5.75 Å². The summed E-state index contributed by atoms with van der Waals surface area (Å²) in [5.41, 5.74) is 8.89. The van der Waals surface area contributed by atoms with E-state index in [1.54, 1.807) is 0 Å². The molecular weight excluding hydrogens is 174 g/mol. The molecule has 14 heavy (non-hydrogen) atoms. The first-order valence-electron chi connectivity index (χ1n) is 5.08. The minimum absolute atomic E-state index is 0.246. The summed E-state index contributed by atoms with van der Waals surface area (Å²) in [4.78, 5) is 0. The lowest BCUT2D eigenvalue weighted by atomic mass is 10.1. The number of rotatable bonds is 3. The van der Waals surface area contributed by atoms with Crippen molar-refractivity contribution in [3.63, 3.8) is 0 Å². The molecule has 1 aromatic rings. The van der Waals surface area contributed by atoms with Crippen LogP contribution in [0.2, 0.25) is 0 Å².